The molecule has 2 rings (SSSR count). The Kier molecular flexibility index (Phi) is 6.07. The van der Waals surface area contributed by atoms with Gasteiger partial charge in [0.15, 0.2) is 0 Å². The first-order valence-electron chi connectivity index (χ1n) is 6.82. The highest BCUT2D eigenvalue weighted by molar-refractivity contribution is 9.11. The summed E-state index contributed by atoms with van der Waals surface area (Å²) in [5.41, 5.74) is 5.60. The first-order chi connectivity index (χ1) is 9.22. The molecule has 0 spiro atoms. The zero-order valence-corrected chi connectivity index (χ0v) is 14.1. The van der Waals surface area contributed by atoms with E-state index in [2.05, 4.69) is 55.5 Å². The number of hydrazine groups is 1. The van der Waals surface area contributed by atoms with Gasteiger partial charge in [-0.15, -0.1) is 0 Å². The zero-order chi connectivity index (χ0) is 13.7. The van der Waals surface area contributed by atoms with Gasteiger partial charge in [0.1, 0.15) is 0 Å². The van der Waals surface area contributed by atoms with Gasteiger partial charge in [0, 0.05) is 8.95 Å². The van der Waals surface area contributed by atoms with E-state index in [1.54, 1.807) is 0 Å². The van der Waals surface area contributed by atoms with Crippen LogP contribution in [0.2, 0.25) is 0 Å². The molecular formula is C15H20Br2N2. The molecule has 2 nitrogen and oxygen atoms in total. The van der Waals surface area contributed by atoms with Gasteiger partial charge in [-0.25, -0.2) is 5.43 Å². The normalized spacial score (nSPS) is 21.1. The van der Waals surface area contributed by atoms with Gasteiger partial charge in [-0.3, -0.25) is 5.84 Å². The maximum Gasteiger partial charge on any atom is 0.0681 e. The number of hydrogen-bond acceptors (Lipinski definition) is 2. The van der Waals surface area contributed by atoms with Crippen molar-refractivity contribution in [3.05, 3.63) is 44.4 Å². The van der Waals surface area contributed by atoms with Gasteiger partial charge in [0.05, 0.1) is 6.04 Å². The molecule has 104 valence electrons. The Morgan fingerprint density at radius 3 is 2.68 bits per heavy atom. The quantitative estimate of drug-likeness (QED) is 0.435. The van der Waals surface area contributed by atoms with Crippen LogP contribution in [0.4, 0.5) is 0 Å². The van der Waals surface area contributed by atoms with E-state index in [1.165, 1.54) is 43.2 Å². The molecule has 1 aromatic rings. The summed E-state index contributed by atoms with van der Waals surface area (Å²) in [6, 6.07) is 6.33. The van der Waals surface area contributed by atoms with Crippen LogP contribution in [0.25, 0.3) is 0 Å². The fraction of sp³-hybridized carbons (Fsp3) is 0.467. The predicted molar refractivity (Wildman–Crippen MR) is 87.7 cm³/mol. The second-order valence-electron chi connectivity index (χ2n) is 5.00. The molecule has 1 atom stereocenters. The Labute approximate surface area is 132 Å². The summed E-state index contributed by atoms with van der Waals surface area (Å²) in [7, 11) is 0. The topological polar surface area (TPSA) is 38.0 Å². The van der Waals surface area contributed by atoms with Gasteiger partial charge < -0.3 is 0 Å². The van der Waals surface area contributed by atoms with Crippen molar-refractivity contribution in [3.8, 4) is 0 Å². The molecule has 1 aromatic carbocycles. The molecule has 0 saturated carbocycles. The highest BCUT2D eigenvalue weighted by Gasteiger charge is 2.18. The van der Waals surface area contributed by atoms with Crippen molar-refractivity contribution in [3.63, 3.8) is 0 Å². The third-order valence-corrected chi connectivity index (χ3v) is 4.85. The van der Waals surface area contributed by atoms with Crippen LogP contribution >= 0.6 is 31.9 Å². The Hall–Kier alpha value is -0.160. The average Bonchev–Trinajstić information content (AvgIpc) is 2.36. The van der Waals surface area contributed by atoms with Crippen LogP contribution in [0, 0.1) is 0 Å². The first-order valence-corrected chi connectivity index (χ1v) is 8.41. The molecule has 0 aromatic heterocycles. The fourth-order valence-corrected chi connectivity index (χ4v) is 3.47. The molecule has 0 radical (unpaired) electrons. The summed E-state index contributed by atoms with van der Waals surface area (Å²) in [5.74, 6) is 5.82. The molecule has 0 saturated heterocycles. The lowest BCUT2D eigenvalue weighted by atomic mass is 9.91. The summed E-state index contributed by atoms with van der Waals surface area (Å²) in [6.07, 6.45) is 9.90. The smallest absolute Gasteiger partial charge is 0.0681 e. The van der Waals surface area contributed by atoms with E-state index in [4.69, 9.17) is 5.84 Å². The Morgan fingerprint density at radius 2 is 1.89 bits per heavy atom. The molecule has 4 heteroatoms. The van der Waals surface area contributed by atoms with E-state index < -0.39 is 0 Å². The van der Waals surface area contributed by atoms with E-state index in [0.717, 1.165) is 15.4 Å². The molecule has 19 heavy (non-hydrogen) atoms. The van der Waals surface area contributed by atoms with Crippen molar-refractivity contribution in [1.29, 1.82) is 0 Å². The van der Waals surface area contributed by atoms with E-state index >= 15 is 0 Å². The molecule has 0 aliphatic heterocycles. The summed E-state index contributed by atoms with van der Waals surface area (Å²) in [6.45, 7) is 0. The van der Waals surface area contributed by atoms with Crippen LogP contribution in [-0.2, 0) is 0 Å². The van der Waals surface area contributed by atoms with Crippen LogP contribution in [0.3, 0.4) is 0 Å². The summed E-state index contributed by atoms with van der Waals surface area (Å²) >= 11 is 7.17. The standard InChI is InChI=1S/C15H20Br2N2/c16-12-8-9-14(17)13(10-12)15(19-18)11-6-4-2-1-3-5-7-11/h6,8-10,15,19H,1-5,7,18H2/b11-6+. The highest BCUT2D eigenvalue weighted by atomic mass is 79.9. The third-order valence-electron chi connectivity index (χ3n) is 3.63. The average molecular weight is 388 g/mol. The second kappa shape index (κ2) is 7.58. The van der Waals surface area contributed by atoms with Gasteiger partial charge in [-0.1, -0.05) is 56.4 Å². The number of rotatable bonds is 3. The first kappa shape index (κ1) is 15.2. The minimum atomic E-state index is 0.102. The Balaban J connectivity index is 2.29. The van der Waals surface area contributed by atoms with Gasteiger partial charge in [0.25, 0.3) is 0 Å². The van der Waals surface area contributed by atoms with Crippen molar-refractivity contribution in [2.45, 2.75) is 44.6 Å². The minimum absolute atomic E-state index is 0.102. The van der Waals surface area contributed by atoms with Crippen LogP contribution in [0.1, 0.15) is 50.1 Å². The van der Waals surface area contributed by atoms with Crippen LogP contribution in [0.15, 0.2) is 38.8 Å². The Morgan fingerprint density at radius 1 is 1.11 bits per heavy atom. The van der Waals surface area contributed by atoms with Crippen molar-refractivity contribution in [2.75, 3.05) is 0 Å². The van der Waals surface area contributed by atoms with E-state index in [-0.39, 0.29) is 6.04 Å². The fourth-order valence-electron chi connectivity index (χ4n) is 2.61. The molecule has 0 bridgehead atoms. The number of benzene rings is 1. The summed E-state index contributed by atoms with van der Waals surface area (Å²) in [5, 5.41) is 0. The van der Waals surface area contributed by atoms with Crippen molar-refractivity contribution >= 4 is 31.9 Å². The van der Waals surface area contributed by atoms with E-state index in [1.807, 2.05) is 6.07 Å². The summed E-state index contributed by atoms with van der Waals surface area (Å²) in [4.78, 5) is 0. The minimum Gasteiger partial charge on any atom is -0.271 e. The summed E-state index contributed by atoms with van der Waals surface area (Å²) < 4.78 is 2.18. The van der Waals surface area contributed by atoms with Crippen molar-refractivity contribution in [1.82, 2.24) is 5.43 Å². The molecule has 1 aliphatic rings. The highest BCUT2D eigenvalue weighted by Crippen LogP contribution is 2.33. The monoisotopic (exact) mass is 386 g/mol. The van der Waals surface area contributed by atoms with E-state index in [9.17, 15) is 0 Å². The molecule has 3 N–H and O–H groups in total. The number of halogens is 2. The molecule has 0 amide bonds. The Bertz CT molecular complexity index is 457. The molecular weight excluding hydrogens is 368 g/mol. The largest absolute Gasteiger partial charge is 0.271 e. The second-order valence-corrected chi connectivity index (χ2v) is 6.77. The number of nitrogens with two attached hydrogens (primary N) is 1. The van der Waals surface area contributed by atoms with Gasteiger partial charge in [-0.2, -0.15) is 0 Å². The molecule has 0 fully saturated rings. The van der Waals surface area contributed by atoms with E-state index in [0.29, 0.717) is 0 Å². The molecule has 1 aliphatic carbocycles. The zero-order valence-electron chi connectivity index (χ0n) is 11.0. The van der Waals surface area contributed by atoms with Gasteiger partial charge >= 0.3 is 0 Å². The molecule has 0 heterocycles. The number of hydrogen-bond donors (Lipinski definition) is 2. The van der Waals surface area contributed by atoms with Gasteiger partial charge in [-0.05, 0) is 49.4 Å². The van der Waals surface area contributed by atoms with Crippen molar-refractivity contribution < 1.29 is 0 Å². The van der Waals surface area contributed by atoms with Crippen LogP contribution in [0.5, 0.6) is 0 Å². The third kappa shape index (κ3) is 4.15. The van der Waals surface area contributed by atoms with Crippen LogP contribution < -0.4 is 11.3 Å². The lowest BCUT2D eigenvalue weighted by Crippen LogP contribution is -2.30. The van der Waals surface area contributed by atoms with Crippen molar-refractivity contribution in [2.24, 2.45) is 5.84 Å². The maximum absolute atomic E-state index is 5.82. The maximum atomic E-state index is 5.82. The molecule has 1 unspecified atom stereocenters. The lowest BCUT2D eigenvalue weighted by molar-refractivity contribution is 0.554. The van der Waals surface area contributed by atoms with Gasteiger partial charge in [0.2, 0.25) is 0 Å². The number of allylic oxidation sites excluding steroid dienone is 1. The predicted octanol–water partition coefficient (Wildman–Crippen LogP) is 5.00. The van der Waals surface area contributed by atoms with Crippen LogP contribution in [-0.4, -0.2) is 0 Å². The number of nitrogens with one attached hydrogen (secondary N) is 1. The SMILES string of the molecule is NNC(/C1=C/CCCCCC1)c1cc(Br)ccc1Br. The lowest BCUT2D eigenvalue weighted by Gasteiger charge is -2.23.